The van der Waals surface area contributed by atoms with Crippen molar-refractivity contribution < 1.29 is 5.11 Å². The first kappa shape index (κ1) is 13.7. The maximum atomic E-state index is 8.71. The lowest BCUT2D eigenvalue weighted by molar-refractivity contribution is 0.276. The van der Waals surface area contributed by atoms with Gasteiger partial charge in [-0.25, -0.2) is 0 Å². The van der Waals surface area contributed by atoms with Crippen molar-refractivity contribution in [2.75, 3.05) is 6.61 Å². The van der Waals surface area contributed by atoms with E-state index in [4.69, 9.17) is 22.4 Å². The SMILES string of the molecule is Cc1ccc([C@H](N)CCO)cc1Cl.Cl. The van der Waals surface area contributed by atoms with Crippen LogP contribution in [0.5, 0.6) is 0 Å². The predicted molar refractivity (Wildman–Crippen MR) is 62.1 cm³/mol. The molecule has 0 fully saturated rings. The summed E-state index contributed by atoms with van der Waals surface area (Å²) in [6.45, 7) is 2.05. The van der Waals surface area contributed by atoms with Crippen molar-refractivity contribution in [3.05, 3.63) is 34.3 Å². The maximum Gasteiger partial charge on any atom is 0.0449 e. The Morgan fingerprint density at radius 1 is 1.50 bits per heavy atom. The molecule has 0 amide bonds. The number of benzene rings is 1. The number of halogens is 2. The van der Waals surface area contributed by atoms with Gasteiger partial charge in [0.2, 0.25) is 0 Å². The Morgan fingerprint density at radius 3 is 2.64 bits per heavy atom. The van der Waals surface area contributed by atoms with Gasteiger partial charge in [0.15, 0.2) is 0 Å². The van der Waals surface area contributed by atoms with Crippen molar-refractivity contribution in [2.24, 2.45) is 5.73 Å². The Labute approximate surface area is 95.5 Å². The maximum absolute atomic E-state index is 8.71. The molecule has 80 valence electrons. The van der Waals surface area contributed by atoms with E-state index in [-0.39, 0.29) is 25.1 Å². The summed E-state index contributed by atoms with van der Waals surface area (Å²) in [5, 5.41) is 9.44. The zero-order valence-electron chi connectivity index (χ0n) is 8.03. The molecule has 1 atom stereocenters. The van der Waals surface area contributed by atoms with E-state index in [1.807, 2.05) is 25.1 Å². The molecule has 0 saturated carbocycles. The Morgan fingerprint density at radius 2 is 2.14 bits per heavy atom. The molecular formula is C10H15Cl2NO. The molecule has 1 rings (SSSR count). The van der Waals surface area contributed by atoms with E-state index in [0.717, 1.165) is 16.1 Å². The number of aliphatic hydroxyl groups excluding tert-OH is 1. The third-order valence-electron chi connectivity index (χ3n) is 2.06. The van der Waals surface area contributed by atoms with Crippen molar-refractivity contribution in [3.63, 3.8) is 0 Å². The first-order valence-corrected chi connectivity index (χ1v) is 4.65. The molecule has 0 aliphatic carbocycles. The highest BCUT2D eigenvalue weighted by Gasteiger charge is 2.06. The van der Waals surface area contributed by atoms with Crippen LogP contribution in [0.3, 0.4) is 0 Å². The molecule has 0 saturated heterocycles. The van der Waals surface area contributed by atoms with Crippen LogP contribution < -0.4 is 5.73 Å². The van der Waals surface area contributed by atoms with Gasteiger partial charge in [-0.15, -0.1) is 12.4 Å². The van der Waals surface area contributed by atoms with Crippen molar-refractivity contribution >= 4 is 24.0 Å². The van der Waals surface area contributed by atoms with Crippen molar-refractivity contribution in [1.82, 2.24) is 0 Å². The highest BCUT2D eigenvalue weighted by molar-refractivity contribution is 6.31. The summed E-state index contributed by atoms with van der Waals surface area (Å²) in [4.78, 5) is 0. The molecule has 0 heterocycles. The van der Waals surface area contributed by atoms with Gasteiger partial charge in [-0.1, -0.05) is 23.7 Å². The molecule has 3 N–H and O–H groups in total. The van der Waals surface area contributed by atoms with Gasteiger partial charge in [0, 0.05) is 17.7 Å². The minimum atomic E-state index is -0.122. The molecule has 0 aliphatic heterocycles. The predicted octanol–water partition coefficient (Wildman–Crippen LogP) is 2.45. The molecule has 4 heteroatoms. The van der Waals surface area contributed by atoms with E-state index < -0.39 is 0 Å². The van der Waals surface area contributed by atoms with Gasteiger partial charge in [0.05, 0.1) is 0 Å². The zero-order chi connectivity index (χ0) is 9.84. The Balaban J connectivity index is 0.00000169. The van der Waals surface area contributed by atoms with Crippen molar-refractivity contribution in [3.8, 4) is 0 Å². The van der Waals surface area contributed by atoms with Crippen LogP contribution in [0.2, 0.25) is 5.02 Å². The molecule has 14 heavy (non-hydrogen) atoms. The summed E-state index contributed by atoms with van der Waals surface area (Å²) in [6, 6.07) is 5.62. The second-order valence-electron chi connectivity index (χ2n) is 3.13. The third-order valence-corrected chi connectivity index (χ3v) is 2.47. The molecule has 1 aromatic rings. The Bertz CT molecular complexity index is 291. The van der Waals surface area contributed by atoms with Crippen molar-refractivity contribution in [2.45, 2.75) is 19.4 Å². The lowest BCUT2D eigenvalue weighted by Crippen LogP contribution is -2.11. The van der Waals surface area contributed by atoms with E-state index in [0.29, 0.717) is 6.42 Å². The van der Waals surface area contributed by atoms with Gasteiger partial charge in [-0.2, -0.15) is 0 Å². The molecule has 0 aliphatic rings. The first-order chi connectivity index (χ1) is 6.15. The van der Waals surface area contributed by atoms with Gasteiger partial charge in [0.1, 0.15) is 0 Å². The van der Waals surface area contributed by atoms with Crippen LogP contribution in [0.15, 0.2) is 18.2 Å². The topological polar surface area (TPSA) is 46.2 Å². The van der Waals surface area contributed by atoms with Gasteiger partial charge in [-0.05, 0) is 30.5 Å². The van der Waals surface area contributed by atoms with E-state index in [9.17, 15) is 0 Å². The third kappa shape index (κ3) is 3.46. The summed E-state index contributed by atoms with van der Waals surface area (Å²) < 4.78 is 0. The van der Waals surface area contributed by atoms with Crippen LogP contribution in [-0.4, -0.2) is 11.7 Å². The molecule has 0 aromatic heterocycles. The average molecular weight is 236 g/mol. The van der Waals surface area contributed by atoms with Crippen LogP contribution in [0.4, 0.5) is 0 Å². The quantitative estimate of drug-likeness (QED) is 0.846. The molecule has 1 aromatic carbocycles. The van der Waals surface area contributed by atoms with E-state index in [1.165, 1.54) is 0 Å². The number of hydrogen-bond donors (Lipinski definition) is 2. The molecular weight excluding hydrogens is 221 g/mol. The van der Waals surface area contributed by atoms with Crippen LogP contribution in [0.25, 0.3) is 0 Å². The summed E-state index contributed by atoms with van der Waals surface area (Å²) in [5.74, 6) is 0. The Hall–Kier alpha value is -0.280. The van der Waals surface area contributed by atoms with Gasteiger partial charge >= 0.3 is 0 Å². The zero-order valence-corrected chi connectivity index (χ0v) is 9.61. The average Bonchev–Trinajstić information content (AvgIpc) is 2.10. The van der Waals surface area contributed by atoms with Crippen LogP contribution in [0, 0.1) is 6.92 Å². The van der Waals surface area contributed by atoms with E-state index in [1.54, 1.807) is 0 Å². The minimum absolute atomic E-state index is 0. The van der Waals surface area contributed by atoms with Gasteiger partial charge in [-0.3, -0.25) is 0 Å². The minimum Gasteiger partial charge on any atom is -0.396 e. The number of nitrogens with two attached hydrogens (primary N) is 1. The second kappa shape index (κ2) is 6.25. The fourth-order valence-corrected chi connectivity index (χ4v) is 1.33. The standard InChI is InChI=1S/C10H14ClNO.ClH/c1-7-2-3-8(6-9(7)11)10(12)4-5-13;/h2-3,6,10,13H,4-5,12H2,1H3;1H/t10-;/m1./s1. The second-order valence-corrected chi connectivity index (χ2v) is 3.53. The molecule has 0 bridgehead atoms. The number of aliphatic hydroxyl groups is 1. The first-order valence-electron chi connectivity index (χ1n) is 4.27. The van der Waals surface area contributed by atoms with E-state index >= 15 is 0 Å². The van der Waals surface area contributed by atoms with Crippen LogP contribution in [-0.2, 0) is 0 Å². The number of hydrogen-bond acceptors (Lipinski definition) is 2. The number of aryl methyl sites for hydroxylation is 1. The lowest BCUT2D eigenvalue weighted by atomic mass is 10.0. The molecule has 0 radical (unpaired) electrons. The fourth-order valence-electron chi connectivity index (χ4n) is 1.15. The van der Waals surface area contributed by atoms with Crippen molar-refractivity contribution in [1.29, 1.82) is 0 Å². The fraction of sp³-hybridized carbons (Fsp3) is 0.400. The van der Waals surface area contributed by atoms with Gasteiger partial charge in [0.25, 0.3) is 0 Å². The lowest BCUT2D eigenvalue weighted by Gasteiger charge is -2.11. The largest absolute Gasteiger partial charge is 0.396 e. The monoisotopic (exact) mass is 235 g/mol. The summed E-state index contributed by atoms with van der Waals surface area (Å²) in [7, 11) is 0. The van der Waals surface area contributed by atoms with Crippen LogP contribution >= 0.6 is 24.0 Å². The highest BCUT2D eigenvalue weighted by atomic mass is 35.5. The summed E-state index contributed by atoms with van der Waals surface area (Å²) in [6.07, 6.45) is 0.569. The normalized spacial score (nSPS) is 12.0. The molecule has 0 spiro atoms. The summed E-state index contributed by atoms with van der Waals surface area (Å²) in [5.41, 5.74) is 7.83. The van der Waals surface area contributed by atoms with Crippen LogP contribution in [0.1, 0.15) is 23.6 Å². The molecule has 0 unspecified atom stereocenters. The Kier molecular flexibility index (Phi) is 6.12. The number of rotatable bonds is 3. The summed E-state index contributed by atoms with van der Waals surface area (Å²) >= 11 is 5.94. The van der Waals surface area contributed by atoms with Gasteiger partial charge < -0.3 is 10.8 Å². The van der Waals surface area contributed by atoms with E-state index in [2.05, 4.69) is 0 Å². The highest BCUT2D eigenvalue weighted by Crippen LogP contribution is 2.21. The molecule has 2 nitrogen and oxygen atoms in total. The smallest absolute Gasteiger partial charge is 0.0449 e.